The van der Waals surface area contributed by atoms with Crippen LogP contribution in [0.5, 0.6) is 0 Å². The third kappa shape index (κ3) is 2.13. The molecule has 0 unspecified atom stereocenters. The summed E-state index contributed by atoms with van der Waals surface area (Å²) < 4.78 is 2.16. The van der Waals surface area contributed by atoms with E-state index in [4.69, 9.17) is 0 Å². The van der Waals surface area contributed by atoms with Crippen LogP contribution in [0.3, 0.4) is 0 Å². The van der Waals surface area contributed by atoms with Crippen molar-refractivity contribution in [1.82, 2.24) is 10.3 Å². The molecule has 0 radical (unpaired) electrons. The topological polar surface area (TPSA) is 49.0 Å². The van der Waals surface area contributed by atoms with Gasteiger partial charge in [0, 0.05) is 6.04 Å². The van der Waals surface area contributed by atoms with Crippen LogP contribution in [0.25, 0.3) is 5.52 Å². The normalized spacial score (nSPS) is 21.5. The van der Waals surface area contributed by atoms with E-state index in [0.717, 1.165) is 23.0 Å². The largest absolute Gasteiger partial charge is 0.345 e. The zero-order valence-corrected chi connectivity index (χ0v) is 12.7. The molecule has 114 valence electrons. The predicted octanol–water partition coefficient (Wildman–Crippen LogP) is 2.55. The van der Waals surface area contributed by atoms with Gasteiger partial charge in [0.2, 0.25) is 5.69 Å². The SMILES string of the molecule is O=C(NC(C1CC1)C1CC1)c1[nH]c(C2CC2)[n+]2ccccc12. The summed E-state index contributed by atoms with van der Waals surface area (Å²) >= 11 is 0. The van der Waals surface area contributed by atoms with Crippen LogP contribution < -0.4 is 9.72 Å². The van der Waals surface area contributed by atoms with Gasteiger partial charge in [-0.3, -0.25) is 4.79 Å². The smallest absolute Gasteiger partial charge is 0.295 e. The van der Waals surface area contributed by atoms with Crippen molar-refractivity contribution in [2.24, 2.45) is 11.8 Å². The Hall–Kier alpha value is -1.84. The maximum absolute atomic E-state index is 12.8. The molecule has 0 atom stereocenters. The Morgan fingerprint density at radius 1 is 1.14 bits per heavy atom. The van der Waals surface area contributed by atoms with Gasteiger partial charge in [-0.2, -0.15) is 4.40 Å². The lowest BCUT2D eigenvalue weighted by molar-refractivity contribution is -0.521. The summed E-state index contributed by atoms with van der Waals surface area (Å²) in [5, 5.41) is 3.34. The molecule has 3 aliphatic carbocycles. The summed E-state index contributed by atoms with van der Waals surface area (Å²) in [7, 11) is 0. The second-order valence-electron chi connectivity index (χ2n) is 7.29. The van der Waals surface area contributed by atoms with E-state index in [0.29, 0.717) is 12.0 Å². The molecule has 2 aromatic rings. The summed E-state index contributed by atoms with van der Waals surface area (Å²) in [4.78, 5) is 16.3. The highest BCUT2D eigenvalue weighted by atomic mass is 16.2. The molecule has 2 heterocycles. The highest BCUT2D eigenvalue weighted by Crippen LogP contribution is 2.44. The molecule has 0 spiro atoms. The quantitative estimate of drug-likeness (QED) is 0.819. The average molecular weight is 296 g/mol. The van der Waals surface area contributed by atoms with Crippen molar-refractivity contribution in [2.75, 3.05) is 0 Å². The molecular weight excluding hydrogens is 274 g/mol. The van der Waals surface area contributed by atoms with Crippen molar-refractivity contribution >= 4 is 11.4 Å². The van der Waals surface area contributed by atoms with Crippen LogP contribution in [0, 0.1) is 11.8 Å². The predicted molar refractivity (Wildman–Crippen MR) is 82.6 cm³/mol. The molecule has 0 saturated heterocycles. The van der Waals surface area contributed by atoms with Gasteiger partial charge in [-0.25, -0.2) is 4.98 Å². The lowest BCUT2D eigenvalue weighted by atomic mass is 10.1. The summed E-state index contributed by atoms with van der Waals surface area (Å²) in [5.74, 6) is 3.33. The first kappa shape index (κ1) is 12.7. The van der Waals surface area contributed by atoms with Crippen LogP contribution in [0.2, 0.25) is 0 Å². The number of rotatable bonds is 5. The van der Waals surface area contributed by atoms with Crippen LogP contribution in [0.1, 0.15) is 60.8 Å². The maximum Gasteiger partial charge on any atom is 0.295 e. The number of hydrogen-bond acceptors (Lipinski definition) is 1. The van der Waals surface area contributed by atoms with E-state index in [1.165, 1.54) is 44.3 Å². The van der Waals surface area contributed by atoms with Crippen molar-refractivity contribution in [3.63, 3.8) is 0 Å². The zero-order valence-electron chi connectivity index (χ0n) is 12.7. The Bertz CT molecular complexity index is 726. The van der Waals surface area contributed by atoms with E-state index in [1.807, 2.05) is 18.2 Å². The highest BCUT2D eigenvalue weighted by Gasteiger charge is 2.43. The number of nitrogens with zero attached hydrogens (tertiary/aromatic N) is 1. The molecule has 2 N–H and O–H groups in total. The van der Waals surface area contributed by atoms with Gasteiger partial charge in [-0.05, 0) is 62.5 Å². The molecule has 3 saturated carbocycles. The minimum absolute atomic E-state index is 0.0828. The Morgan fingerprint density at radius 2 is 1.86 bits per heavy atom. The molecule has 5 rings (SSSR count). The van der Waals surface area contributed by atoms with E-state index in [9.17, 15) is 4.79 Å². The molecule has 3 aliphatic rings. The second-order valence-corrected chi connectivity index (χ2v) is 7.29. The summed E-state index contributed by atoms with van der Waals surface area (Å²) in [5.41, 5.74) is 1.75. The van der Waals surface area contributed by atoms with Crippen molar-refractivity contribution < 1.29 is 9.20 Å². The third-order valence-corrected chi connectivity index (χ3v) is 5.38. The van der Waals surface area contributed by atoms with Crippen LogP contribution >= 0.6 is 0 Å². The van der Waals surface area contributed by atoms with Gasteiger partial charge in [0.1, 0.15) is 0 Å². The molecule has 22 heavy (non-hydrogen) atoms. The van der Waals surface area contributed by atoms with E-state index >= 15 is 0 Å². The lowest BCUT2D eigenvalue weighted by Gasteiger charge is -2.16. The number of aromatic nitrogens is 2. The van der Waals surface area contributed by atoms with Gasteiger partial charge in [0.25, 0.3) is 11.7 Å². The summed E-state index contributed by atoms with van der Waals surface area (Å²) in [6.45, 7) is 0. The number of hydrogen-bond donors (Lipinski definition) is 2. The number of fused-ring (bicyclic) bond motifs is 1. The number of H-pyrrole nitrogens is 1. The van der Waals surface area contributed by atoms with Gasteiger partial charge in [-0.15, -0.1) is 0 Å². The molecule has 4 nitrogen and oxygen atoms in total. The fourth-order valence-corrected chi connectivity index (χ4v) is 3.69. The minimum atomic E-state index is 0.0828. The van der Waals surface area contributed by atoms with Gasteiger partial charge in [-0.1, -0.05) is 6.07 Å². The Morgan fingerprint density at radius 3 is 2.50 bits per heavy atom. The van der Waals surface area contributed by atoms with Crippen molar-refractivity contribution in [3.05, 3.63) is 35.9 Å². The zero-order chi connectivity index (χ0) is 14.7. The van der Waals surface area contributed by atoms with Gasteiger partial charge >= 0.3 is 0 Å². The monoisotopic (exact) mass is 296 g/mol. The maximum atomic E-state index is 12.8. The van der Waals surface area contributed by atoms with Gasteiger partial charge < -0.3 is 5.32 Å². The van der Waals surface area contributed by atoms with Gasteiger partial charge in [0.15, 0.2) is 5.52 Å². The fraction of sp³-hybridized carbons (Fsp3) is 0.556. The Labute approximate surface area is 129 Å². The first-order valence-electron chi connectivity index (χ1n) is 8.64. The molecule has 3 fully saturated rings. The number of amides is 1. The summed E-state index contributed by atoms with van der Waals surface area (Å²) in [6.07, 6.45) is 9.67. The molecule has 0 bridgehead atoms. The van der Waals surface area contributed by atoms with Crippen molar-refractivity contribution in [2.45, 2.75) is 50.5 Å². The molecule has 2 aromatic heterocycles. The van der Waals surface area contributed by atoms with Crippen LogP contribution in [0.4, 0.5) is 0 Å². The molecule has 1 amide bonds. The second kappa shape index (κ2) is 4.58. The van der Waals surface area contributed by atoms with Crippen molar-refractivity contribution in [3.8, 4) is 0 Å². The third-order valence-electron chi connectivity index (χ3n) is 5.38. The minimum Gasteiger partial charge on any atom is -0.345 e. The molecular formula is C18H22N3O+. The number of aromatic amines is 1. The average Bonchev–Trinajstić information content (AvgIpc) is 3.36. The van der Waals surface area contributed by atoms with Crippen LogP contribution in [0.15, 0.2) is 24.4 Å². The summed E-state index contributed by atoms with van der Waals surface area (Å²) in [6, 6.07) is 6.49. The van der Waals surface area contributed by atoms with E-state index in [-0.39, 0.29) is 5.91 Å². The van der Waals surface area contributed by atoms with E-state index < -0.39 is 0 Å². The molecule has 4 heteroatoms. The Balaban J connectivity index is 1.48. The molecule has 0 aliphatic heterocycles. The number of pyridine rings is 1. The number of nitrogens with one attached hydrogen (secondary N) is 2. The first-order chi connectivity index (χ1) is 10.8. The number of imidazole rings is 1. The lowest BCUT2D eigenvalue weighted by Crippen LogP contribution is -2.38. The number of carbonyl (C=O) groups excluding carboxylic acids is 1. The standard InChI is InChI=1S/C18H21N3O/c22-18(20-15(11-4-5-11)12-6-7-12)16-14-3-1-2-10-21(14)17(19-16)13-8-9-13/h1-3,10-13,15H,4-9H2,(H,20,22)/p+1. The van der Waals surface area contributed by atoms with Crippen LogP contribution in [-0.2, 0) is 0 Å². The molecule has 0 aromatic carbocycles. The van der Waals surface area contributed by atoms with E-state index in [1.54, 1.807) is 0 Å². The van der Waals surface area contributed by atoms with Gasteiger partial charge in [0.05, 0.1) is 12.1 Å². The first-order valence-corrected chi connectivity index (χ1v) is 8.64. The Kier molecular flexibility index (Phi) is 2.64. The highest BCUT2D eigenvalue weighted by molar-refractivity contribution is 5.98. The fourth-order valence-electron chi connectivity index (χ4n) is 3.69. The van der Waals surface area contributed by atoms with E-state index in [2.05, 4.69) is 20.9 Å². The number of carbonyl (C=O) groups is 1. The van der Waals surface area contributed by atoms with Crippen LogP contribution in [-0.4, -0.2) is 16.9 Å². The van der Waals surface area contributed by atoms with Crippen molar-refractivity contribution in [1.29, 1.82) is 0 Å².